The van der Waals surface area contributed by atoms with Gasteiger partial charge < -0.3 is 20.5 Å². The number of ketones is 1. The molecule has 180 valence electrons. The van der Waals surface area contributed by atoms with E-state index in [1.807, 2.05) is 52.8 Å². The number of esters is 1. The average molecular weight is 467 g/mol. The van der Waals surface area contributed by atoms with E-state index in [1.54, 1.807) is 19.9 Å². The maximum atomic E-state index is 12.9. The Balaban J connectivity index is 0.00000227. The van der Waals surface area contributed by atoms with Gasteiger partial charge in [0.25, 0.3) is 0 Å². The van der Waals surface area contributed by atoms with E-state index in [2.05, 4.69) is 5.32 Å². The van der Waals surface area contributed by atoms with Crippen LogP contribution in [0.3, 0.4) is 0 Å². The van der Waals surface area contributed by atoms with Crippen LogP contribution in [0.4, 0.5) is 0 Å². The third kappa shape index (κ3) is 7.76. The number of rotatable bonds is 9. The molecule has 1 aromatic rings. The number of nitrogens with one attached hydrogen (secondary N) is 1. The monoisotopic (exact) mass is 466 g/mol. The van der Waals surface area contributed by atoms with Gasteiger partial charge in [-0.25, -0.2) is 4.79 Å². The molecule has 1 unspecified atom stereocenters. The van der Waals surface area contributed by atoms with Gasteiger partial charge in [-0.2, -0.15) is 0 Å². The summed E-state index contributed by atoms with van der Waals surface area (Å²) in [5, 5.41) is 3.66. The highest BCUT2D eigenvalue weighted by Gasteiger charge is 2.38. The van der Waals surface area contributed by atoms with E-state index < -0.39 is 11.9 Å². The van der Waals surface area contributed by atoms with Crippen LogP contribution < -0.4 is 11.1 Å². The zero-order chi connectivity index (χ0) is 24.7. The Morgan fingerprint density at radius 3 is 2.25 bits per heavy atom. The maximum absolute atomic E-state index is 12.9. The van der Waals surface area contributed by atoms with E-state index in [-0.39, 0.29) is 19.0 Å². The van der Waals surface area contributed by atoms with Crippen molar-refractivity contribution in [3.05, 3.63) is 57.4 Å². The summed E-state index contributed by atoms with van der Waals surface area (Å²) in [4.78, 5) is 25.7. The topological polar surface area (TPSA) is 90.7 Å². The molecule has 0 bridgehead atoms. The van der Waals surface area contributed by atoms with Crippen molar-refractivity contribution in [1.29, 1.82) is 0 Å². The average Bonchev–Trinajstić information content (AvgIpc) is 2.81. The molecule has 0 amide bonds. The van der Waals surface area contributed by atoms with Gasteiger partial charge in [-0.1, -0.05) is 64.4 Å². The molecule has 1 heterocycles. The lowest BCUT2D eigenvalue weighted by Crippen LogP contribution is -2.34. The summed E-state index contributed by atoms with van der Waals surface area (Å²) in [5.74, 6) is -1.18. The molecular weight excluding hydrogens is 428 g/mol. The zero-order valence-corrected chi connectivity index (χ0v) is 21.3. The molecule has 0 radical (unpaired) electrons. The summed E-state index contributed by atoms with van der Waals surface area (Å²) in [5.41, 5.74) is 8.28. The molecule has 1 aliphatic rings. The fourth-order valence-electron chi connectivity index (χ4n) is 3.30. The second-order valence-corrected chi connectivity index (χ2v) is 6.76. The van der Waals surface area contributed by atoms with Gasteiger partial charge in [0.15, 0.2) is 5.78 Å². The lowest BCUT2D eigenvalue weighted by Gasteiger charge is -2.32. The van der Waals surface area contributed by atoms with Gasteiger partial charge in [0, 0.05) is 35.2 Å². The summed E-state index contributed by atoms with van der Waals surface area (Å²) in [6.07, 6.45) is 0.310. The number of halogens is 1. The Kier molecular flexibility index (Phi) is 15.4. The van der Waals surface area contributed by atoms with Crippen LogP contribution in [0.25, 0.3) is 0 Å². The Morgan fingerprint density at radius 2 is 1.72 bits per heavy atom. The molecule has 0 saturated carbocycles. The first-order valence-corrected chi connectivity index (χ1v) is 11.8. The van der Waals surface area contributed by atoms with Gasteiger partial charge in [-0.3, -0.25) is 4.79 Å². The van der Waals surface area contributed by atoms with Gasteiger partial charge in [0.2, 0.25) is 0 Å². The first-order valence-electron chi connectivity index (χ1n) is 11.4. The predicted molar refractivity (Wildman–Crippen MR) is 132 cm³/mol. The van der Waals surface area contributed by atoms with E-state index in [0.29, 0.717) is 52.7 Å². The molecule has 0 spiro atoms. The number of dihydropyridines is 1. The predicted octanol–water partition coefficient (Wildman–Crippen LogP) is 5.12. The Hall–Kier alpha value is -2.15. The molecule has 6 nitrogen and oxygen atoms in total. The van der Waals surface area contributed by atoms with Crippen LogP contribution in [0.2, 0.25) is 5.02 Å². The van der Waals surface area contributed by atoms with Gasteiger partial charge in [0.1, 0.15) is 0 Å². The van der Waals surface area contributed by atoms with Gasteiger partial charge >= 0.3 is 5.97 Å². The van der Waals surface area contributed by atoms with Gasteiger partial charge in [-0.05, 0) is 25.5 Å². The minimum absolute atomic E-state index is 0.0568. The van der Waals surface area contributed by atoms with Crippen LogP contribution >= 0.6 is 11.6 Å². The van der Waals surface area contributed by atoms with Crippen LogP contribution in [0.5, 0.6) is 0 Å². The van der Waals surface area contributed by atoms with Crippen LogP contribution in [0.1, 0.15) is 66.4 Å². The highest BCUT2D eigenvalue weighted by atomic mass is 35.5. The first-order chi connectivity index (χ1) is 15.5. The fraction of sp³-hybridized carbons (Fsp3) is 0.520. The van der Waals surface area contributed by atoms with E-state index in [1.165, 1.54) is 0 Å². The summed E-state index contributed by atoms with van der Waals surface area (Å²) >= 11 is 6.46. The van der Waals surface area contributed by atoms with Crippen molar-refractivity contribution in [2.75, 3.05) is 26.4 Å². The molecule has 1 atom stereocenters. The van der Waals surface area contributed by atoms with Crippen molar-refractivity contribution in [2.45, 2.75) is 60.8 Å². The third-order valence-electron chi connectivity index (χ3n) is 4.49. The van der Waals surface area contributed by atoms with Crippen molar-refractivity contribution in [1.82, 2.24) is 5.32 Å². The van der Waals surface area contributed by atoms with Crippen LogP contribution in [0, 0.1) is 0 Å². The SMILES string of the molecule is CC.CC.CCOC(=O)C1=C(COCCN)NC(C)=C(C(=O)CC)C1c1ccccc1Cl. The minimum atomic E-state index is -0.627. The number of Topliss-reactive ketones (excluding diaryl/α,β-unsaturated/α-hetero) is 1. The zero-order valence-electron chi connectivity index (χ0n) is 20.5. The standard InChI is InChI=1S/C21H27ClN2O4.2C2H6/c1-4-17(25)18-13(3)24-16(12-27-11-10-23)20(21(26)28-5-2)19(18)14-8-6-7-9-15(14)22;2*1-2/h6-9,19,24H,4-5,10-12,23H2,1-3H3;2*1-2H3. The number of carbonyl (C=O) groups is 2. The number of carbonyl (C=O) groups excluding carboxylic acids is 2. The third-order valence-corrected chi connectivity index (χ3v) is 4.83. The van der Waals surface area contributed by atoms with Crippen molar-refractivity contribution in [3.8, 4) is 0 Å². The lowest BCUT2D eigenvalue weighted by molar-refractivity contribution is -0.138. The molecule has 1 aromatic carbocycles. The lowest BCUT2D eigenvalue weighted by atomic mass is 9.78. The number of allylic oxidation sites excluding steroid dienone is 2. The van der Waals surface area contributed by atoms with Gasteiger partial charge in [0.05, 0.1) is 31.1 Å². The van der Waals surface area contributed by atoms with E-state index >= 15 is 0 Å². The highest BCUT2D eigenvalue weighted by molar-refractivity contribution is 6.31. The maximum Gasteiger partial charge on any atom is 0.336 e. The van der Waals surface area contributed by atoms with Crippen molar-refractivity contribution >= 4 is 23.4 Å². The summed E-state index contributed by atoms with van der Waals surface area (Å²) < 4.78 is 10.9. The minimum Gasteiger partial charge on any atom is -0.463 e. The van der Waals surface area contributed by atoms with Crippen LogP contribution in [0.15, 0.2) is 46.8 Å². The van der Waals surface area contributed by atoms with Gasteiger partial charge in [-0.15, -0.1) is 0 Å². The molecule has 1 aliphatic heterocycles. The molecule has 0 saturated heterocycles. The van der Waals surface area contributed by atoms with Crippen LogP contribution in [-0.2, 0) is 19.1 Å². The first kappa shape index (κ1) is 29.9. The quantitative estimate of drug-likeness (QED) is 0.387. The molecule has 0 fully saturated rings. The number of hydrogen-bond donors (Lipinski definition) is 2. The molecule has 3 N–H and O–H groups in total. The number of benzene rings is 1. The summed E-state index contributed by atoms with van der Waals surface area (Å²) in [6.45, 7) is 14.4. The van der Waals surface area contributed by atoms with Crippen molar-refractivity contribution < 1.29 is 19.1 Å². The number of hydrogen-bond acceptors (Lipinski definition) is 6. The van der Waals surface area contributed by atoms with Crippen LogP contribution in [-0.4, -0.2) is 38.1 Å². The highest BCUT2D eigenvalue weighted by Crippen LogP contribution is 2.42. The largest absolute Gasteiger partial charge is 0.463 e. The van der Waals surface area contributed by atoms with Crippen molar-refractivity contribution in [3.63, 3.8) is 0 Å². The second kappa shape index (κ2) is 16.5. The molecule has 0 aliphatic carbocycles. The van der Waals surface area contributed by atoms with Crippen molar-refractivity contribution in [2.24, 2.45) is 5.73 Å². The Morgan fingerprint density at radius 1 is 1.09 bits per heavy atom. The normalized spacial score (nSPS) is 15.1. The number of ether oxygens (including phenoxy) is 2. The van der Waals surface area contributed by atoms with E-state index in [0.717, 1.165) is 0 Å². The number of nitrogens with two attached hydrogens (primary N) is 1. The van der Waals surface area contributed by atoms with E-state index in [9.17, 15) is 9.59 Å². The fourth-order valence-corrected chi connectivity index (χ4v) is 3.54. The molecule has 7 heteroatoms. The smallest absolute Gasteiger partial charge is 0.336 e. The Labute approximate surface area is 198 Å². The molecule has 32 heavy (non-hydrogen) atoms. The molecule has 0 aromatic heterocycles. The Bertz CT molecular complexity index is 803. The van der Waals surface area contributed by atoms with E-state index in [4.69, 9.17) is 26.8 Å². The molecular formula is C25H39ClN2O4. The molecule has 2 rings (SSSR count). The summed E-state index contributed by atoms with van der Waals surface area (Å²) in [6, 6.07) is 7.21. The summed E-state index contributed by atoms with van der Waals surface area (Å²) in [7, 11) is 0. The second-order valence-electron chi connectivity index (χ2n) is 6.35.